The van der Waals surface area contributed by atoms with Gasteiger partial charge in [0, 0.05) is 31.3 Å². The maximum absolute atomic E-state index is 11.8. The van der Waals surface area contributed by atoms with Gasteiger partial charge in [-0.05, 0) is 38.0 Å². The molecule has 5 nitrogen and oxygen atoms in total. The Kier molecular flexibility index (Phi) is 4.30. The van der Waals surface area contributed by atoms with Gasteiger partial charge in [-0.2, -0.15) is 0 Å². The SMILES string of the molecule is CCOc1ccc2c(c1)C(O)(CN)CCCN2C(C)=O. The van der Waals surface area contributed by atoms with E-state index in [1.165, 1.54) is 6.92 Å². The molecule has 20 heavy (non-hydrogen) atoms. The van der Waals surface area contributed by atoms with Crippen molar-refractivity contribution in [2.24, 2.45) is 5.73 Å². The number of nitrogens with two attached hydrogens (primary N) is 1. The lowest BCUT2D eigenvalue weighted by Crippen LogP contribution is -2.35. The van der Waals surface area contributed by atoms with Gasteiger partial charge in [0.25, 0.3) is 0 Å². The Balaban J connectivity index is 2.55. The number of anilines is 1. The van der Waals surface area contributed by atoms with E-state index < -0.39 is 5.60 Å². The Morgan fingerprint density at radius 1 is 1.55 bits per heavy atom. The summed E-state index contributed by atoms with van der Waals surface area (Å²) in [5, 5.41) is 10.8. The van der Waals surface area contributed by atoms with Gasteiger partial charge in [-0.25, -0.2) is 0 Å². The smallest absolute Gasteiger partial charge is 0.223 e. The zero-order valence-electron chi connectivity index (χ0n) is 12.1. The molecule has 0 aromatic heterocycles. The van der Waals surface area contributed by atoms with Crippen LogP contribution in [-0.4, -0.2) is 30.7 Å². The van der Waals surface area contributed by atoms with Crippen LogP contribution in [-0.2, 0) is 10.4 Å². The first-order chi connectivity index (χ1) is 9.51. The van der Waals surface area contributed by atoms with Gasteiger partial charge in [0.2, 0.25) is 5.91 Å². The fourth-order valence-corrected chi connectivity index (χ4v) is 2.70. The lowest BCUT2D eigenvalue weighted by Gasteiger charge is -2.28. The minimum atomic E-state index is -1.10. The Morgan fingerprint density at radius 2 is 2.30 bits per heavy atom. The molecular formula is C15H22N2O3. The third kappa shape index (κ3) is 2.64. The van der Waals surface area contributed by atoms with Crippen LogP contribution in [0.2, 0.25) is 0 Å². The highest BCUT2D eigenvalue weighted by atomic mass is 16.5. The summed E-state index contributed by atoms with van der Waals surface area (Å²) in [7, 11) is 0. The predicted octanol–water partition coefficient (Wildman–Crippen LogP) is 1.38. The molecule has 1 heterocycles. The summed E-state index contributed by atoms with van der Waals surface area (Å²) in [5.41, 5.74) is 6.08. The molecule has 0 aliphatic carbocycles. The molecule has 1 aromatic rings. The molecule has 1 aromatic carbocycles. The normalized spacial score (nSPS) is 22.1. The van der Waals surface area contributed by atoms with Gasteiger partial charge in [0.15, 0.2) is 0 Å². The van der Waals surface area contributed by atoms with Crippen LogP contribution in [0.25, 0.3) is 0 Å². The van der Waals surface area contributed by atoms with Gasteiger partial charge in [-0.1, -0.05) is 0 Å². The van der Waals surface area contributed by atoms with Gasteiger partial charge in [-0.3, -0.25) is 4.79 Å². The number of carbonyl (C=O) groups excluding carboxylic acids is 1. The van der Waals surface area contributed by atoms with Crippen LogP contribution in [0.4, 0.5) is 5.69 Å². The summed E-state index contributed by atoms with van der Waals surface area (Å²) in [6, 6.07) is 5.45. The molecule has 0 radical (unpaired) electrons. The van der Waals surface area contributed by atoms with Crippen molar-refractivity contribution in [2.75, 3.05) is 24.6 Å². The fraction of sp³-hybridized carbons (Fsp3) is 0.533. The van der Waals surface area contributed by atoms with Gasteiger partial charge in [0.05, 0.1) is 6.61 Å². The minimum absolute atomic E-state index is 0.0309. The molecule has 0 spiro atoms. The molecule has 3 N–H and O–H groups in total. The van der Waals surface area contributed by atoms with Crippen molar-refractivity contribution in [3.05, 3.63) is 23.8 Å². The van der Waals surface area contributed by atoms with E-state index in [4.69, 9.17) is 10.5 Å². The molecular weight excluding hydrogens is 256 g/mol. The standard InChI is InChI=1S/C15H22N2O3/c1-3-20-12-5-6-14-13(9-12)15(19,10-16)7-4-8-17(14)11(2)18/h5-6,9,19H,3-4,7-8,10,16H2,1-2H3. The topological polar surface area (TPSA) is 75.8 Å². The average Bonchev–Trinajstić information content (AvgIpc) is 2.57. The number of amides is 1. The molecule has 1 amide bonds. The second-order valence-electron chi connectivity index (χ2n) is 5.12. The predicted molar refractivity (Wildman–Crippen MR) is 77.8 cm³/mol. The van der Waals surface area contributed by atoms with Gasteiger partial charge in [0.1, 0.15) is 11.4 Å². The van der Waals surface area contributed by atoms with Crippen molar-refractivity contribution in [1.29, 1.82) is 0 Å². The van der Waals surface area contributed by atoms with Gasteiger partial charge in [-0.15, -0.1) is 0 Å². The highest BCUT2D eigenvalue weighted by Crippen LogP contribution is 2.39. The number of hydrogen-bond donors (Lipinski definition) is 2. The van der Waals surface area contributed by atoms with Crippen LogP contribution >= 0.6 is 0 Å². The molecule has 2 rings (SSSR count). The van der Waals surface area contributed by atoms with Crippen molar-refractivity contribution >= 4 is 11.6 Å². The number of nitrogens with zero attached hydrogens (tertiary/aromatic N) is 1. The number of fused-ring (bicyclic) bond motifs is 1. The molecule has 1 unspecified atom stereocenters. The van der Waals surface area contributed by atoms with Crippen molar-refractivity contribution in [1.82, 2.24) is 0 Å². The molecule has 0 bridgehead atoms. The van der Waals surface area contributed by atoms with E-state index in [-0.39, 0.29) is 12.5 Å². The van der Waals surface area contributed by atoms with E-state index in [0.29, 0.717) is 37.3 Å². The molecule has 1 aliphatic heterocycles. The number of hydrogen-bond acceptors (Lipinski definition) is 4. The average molecular weight is 278 g/mol. The minimum Gasteiger partial charge on any atom is -0.494 e. The number of aliphatic hydroxyl groups is 1. The number of carbonyl (C=O) groups is 1. The zero-order valence-corrected chi connectivity index (χ0v) is 12.1. The van der Waals surface area contributed by atoms with Crippen molar-refractivity contribution in [2.45, 2.75) is 32.3 Å². The quantitative estimate of drug-likeness (QED) is 0.876. The Hall–Kier alpha value is -1.59. The second kappa shape index (κ2) is 5.81. The lowest BCUT2D eigenvalue weighted by atomic mass is 9.89. The van der Waals surface area contributed by atoms with Gasteiger partial charge >= 0.3 is 0 Å². The third-order valence-electron chi connectivity index (χ3n) is 3.76. The Bertz CT molecular complexity index is 504. The summed E-state index contributed by atoms with van der Waals surface area (Å²) in [6.07, 6.45) is 1.25. The highest BCUT2D eigenvalue weighted by molar-refractivity contribution is 5.92. The summed E-state index contributed by atoms with van der Waals surface area (Å²) in [6.45, 7) is 4.71. The first-order valence-corrected chi connectivity index (χ1v) is 6.99. The molecule has 1 atom stereocenters. The maximum Gasteiger partial charge on any atom is 0.223 e. The largest absolute Gasteiger partial charge is 0.494 e. The number of benzene rings is 1. The van der Waals surface area contributed by atoms with Crippen molar-refractivity contribution in [3.8, 4) is 5.75 Å². The molecule has 1 aliphatic rings. The Labute approximate surface area is 119 Å². The van der Waals surface area contributed by atoms with E-state index >= 15 is 0 Å². The maximum atomic E-state index is 11.8. The molecule has 0 fully saturated rings. The molecule has 5 heteroatoms. The number of rotatable bonds is 3. The van der Waals surface area contributed by atoms with Crippen LogP contribution in [0, 0.1) is 0 Å². The summed E-state index contributed by atoms with van der Waals surface area (Å²) in [4.78, 5) is 13.5. The van der Waals surface area contributed by atoms with E-state index in [0.717, 1.165) is 5.69 Å². The van der Waals surface area contributed by atoms with E-state index in [9.17, 15) is 9.90 Å². The summed E-state index contributed by atoms with van der Waals surface area (Å²) < 4.78 is 5.49. The fourth-order valence-electron chi connectivity index (χ4n) is 2.70. The van der Waals surface area contributed by atoms with Crippen LogP contribution in [0.3, 0.4) is 0 Å². The highest BCUT2D eigenvalue weighted by Gasteiger charge is 2.35. The summed E-state index contributed by atoms with van der Waals surface area (Å²) >= 11 is 0. The second-order valence-corrected chi connectivity index (χ2v) is 5.12. The first-order valence-electron chi connectivity index (χ1n) is 6.99. The monoisotopic (exact) mass is 278 g/mol. The zero-order chi connectivity index (χ0) is 14.8. The van der Waals surface area contributed by atoms with Crippen molar-refractivity contribution in [3.63, 3.8) is 0 Å². The Morgan fingerprint density at radius 3 is 2.90 bits per heavy atom. The molecule has 0 saturated heterocycles. The molecule has 0 saturated carbocycles. The van der Waals surface area contributed by atoms with E-state index in [2.05, 4.69) is 0 Å². The van der Waals surface area contributed by atoms with Gasteiger partial charge < -0.3 is 20.5 Å². The van der Waals surface area contributed by atoms with E-state index in [1.54, 1.807) is 11.0 Å². The van der Waals surface area contributed by atoms with Crippen LogP contribution < -0.4 is 15.4 Å². The first kappa shape index (κ1) is 14.8. The molecule has 110 valence electrons. The van der Waals surface area contributed by atoms with E-state index in [1.807, 2.05) is 19.1 Å². The third-order valence-corrected chi connectivity index (χ3v) is 3.76. The van der Waals surface area contributed by atoms with Crippen LogP contribution in [0.15, 0.2) is 18.2 Å². The lowest BCUT2D eigenvalue weighted by molar-refractivity contribution is -0.116. The van der Waals surface area contributed by atoms with Crippen molar-refractivity contribution < 1.29 is 14.6 Å². The van der Waals surface area contributed by atoms with Crippen LogP contribution in [0.1, 0.15) is 32.3 Å². The number of ether oxygens (including phenoxy) is 1. The van der Waals surface area contributed by atoms with Crippen LogP contribution in [0.5, 0.6) is 5.75 Å². The summed E-state index contributed by atoms with van der Waals surface area (Å²) in [5.74, 6) is 0.653.